The molecule has 1 saturated carbocycles. The molecule has 0 aromatic rings. The first-order valence-electron chi connectivity index (χ1n) is 5.69. The van der Waals surface area contributed by atoms with E-state index < -0.39 is 12.5 Å². The largest absolute Gasteiger partial charge is 0.511 e. The highest BCUT2D eigenvalue weighted by molar-refractivity contribution is 5.60. The smallest absolute Gasteiger partial charge is 0.431 e. The van der Waals surface area contributed by atoms with Crippen molar-refractivity contribution in [2.45, 2.75) is 51.5 Å². The lowest BCUT2D eigenvalue weighted by atomic mass is 9.98. The minimum Gasteiger partial charge on any atom is -0.431 e. The zero-order chi connectivity index (χ0) is 11.8. The fourth-order valence-corrected chi connectivity index (χ4v) is 1.71. The van der Waals surface area contributed by atoms with Gasteiger partial charge in [0.05, 0.1) is 0 Å². The standard InChI is InChI=1S/C10H18N2O4/c1-2-11-9(12-14)16-10(13)15-8-6-4-3-5-7-8/h8-9,11H,2-7H2,1H3. The molecule has 0 bridgehead atoms. The van der Waals surface area contributed by atoms with Crippen LogP contribution in [-0.2, 0) is 9.47 Å². The minimum atomic E-state index is -1.15. The number of nitrogens with zero attached hydrogens (tertiary/aromatic N) is 1. The zero-order valence-electron chi connectivity index (χ0n) is 9.48. The van der Waals surface area contributed by atoms with Gasteiger partial charge in [0.25, 0.3) is 6.35 Å². The fraction of sp³-hybridized carbons (Fsp3) is 0.900. The van der Waals surface area contributed by atoms with Gasteiger partial charge in [0.2, 0.25) is 0 Å². The van der Waals surface area contributed by atoms with Crippen molar-refractivity contribution in [3.8, 4) is 0 Å². The molecule has 0 aromatic carbocycles. The first-order valence-corrected chi connectivity index (χ1v) is 5.69. The second-order valence-electron chi connectivity index (χ2n) is 3.76. The van der Waals surface area contributed by atoms with Crippen molar-refractivity contribution in [2.75, 3.05) is 6.54 Å². The molecule has 0 aromatic heterocycles. The highest BCUT2D eigenvalue weighted by atomic mass is 16.7. The van der Waals surface area contributed by atoms with E-state index in [4.69, 9.17) is 9.47 Å². The van der Waals surface area contributed by atoms with Crippen molar-refractivity contribution in [3.63, 3.8) is 0 Å². The van der Waals surface area contributed by atoms with Crippen LogP contribution in [0.2, 0.25) is 0 Å². The lowest BCUT2D eigenvalue weighted by Gasteiger charge is -2.21. The van der Waals surface area contributed by atoms with E-state index in [-0.39, 0.29) is 6.10 Å². The van der Waals surface area contributed by atoms with E-state index >= 15 is 0 Å². The second-order valence-corrected chi connectivity index (χ2v) is 3.76. The number of carbonyl (C=O) groups excluding carboxylic acids is 1. The van der Waals surface area contributed by atoms with Gasteiger partial charge in [-0.05, 0) is 37.4 Å². The van der Waals surface area contributed by atoms with Gasteiger partial charge in [0.15, 0.2) is 0 Å². The molecule has 1 atom stereocenters. The summed E-state index contributed by atoms with van der Waals surface area (Å²) < 4.78 is 9.76. The van der Waals surface area contributed by atoms with E-state index in [0.717, 1.165) is 25.7 Å². The summed E-state index contributed by atoms with van der Waals surface area (Å²) in [6, 6.07) is 0. The molecule has 0 amide bonds. The molecule has 1 fully saturated rings. The summed E-state index contributed by atoms with van der Waals surface area (Å²) in [5.41, 5.74) is 0. The minimum absolute atomic E-state index is 0.0739. The van der Waals surface area contributed by atoms with Crippen LogP contribution in [0, 0.1) is 4.91 Å². The van der Waals surface area contributed by atoms with Crippen LogP contribution < -0.4 is 5.32 Å². The van der Waals surface area contributed by atoms with Crippen molar-refractivity contribution in [3.05, 3.63) is 4.91 Å². The van der Waals surface area contributed by atoms with Crippen molar-refractivity contribution in [1.29, 1.82) is 0 Å². The molecule has 1 aliphatic carbocycles. The predicted octanol–water partition coefficient (Wildman–Crippen LogP) is 2.13. The Labute approximate surface area is 94.7 Å². The van der Waals surface area contributed by atoms with Crippen molar-refractivity contribution in [1.82, 2.24) is 5.32 Å². The molecule has 0 radical (unpaired) electrons. The highest BCUT2D eigenvalue weighted by Crippen LogP contribution is 2.20. The monoisotopic (exact) mass is 230 g/mol. The molecule has 92 valence electrons. The summed E-state index contributed by atoms with van der Waals surface area (Å²) in [6.45, 7) is 2.28. The van der Waals surface area contributed by atoms with E-state index in [0.29, 0.717) is 6.54 Å². The van der Waals surface area contributed by atoms with Crippen molar-refractivity contribution < 1.29 is 14.3 Å². The number of hydrogen-bond donors (Lipinski definition) is 1. The van der Waals surface area contributed by atoms with E-state index in [9.17, 15) is 9.70 Å². The van der Waals surface area contributed by atoms with Gasteiger partial charge in [-0.3, -0.25) is 5.32 Å². The van der Waals surface area contributed by atoms with Gasteiger partial charge in [0.1, 0.15) is 6.10 Å². The third-order valence-electron chi connectivity index (χ3n) is 2.50. The number of hydrogen-bond acceptors (Lipinski definition) is 6. The Balaban J connectivity index is 2.25. The van der Waals surface area contributed by atoms with Crippen LogP contribution in [-0.4, -0.2) is 25.2 Å². The molecular formula is C10H18N2O4. The van der Waals surface area contributed by atoms with Crippen molar-refractivity contribution >= 4 is 6.16 Å². The van der Waals surface area contributed by atoms with E-state index in [1.165, 1.54) is 6.42 Å². The average molecular weight is 230 g/mol. The molecule has 0 saturated heterocycles. The molecule has 6 heteroatoms. The molecule has 6 nitrogen and oxygen atoms in total. The van der Waals surface area contributed by atoms with E-state index in [1.807, 2.05) is 0 Å². The number of rotatable bonds is 5. The van der Waals surface area contributed by atoms with Crippen LogP contribution >= 0.6 is 0 Å². The summed E-state index contributed by atoms with van der Waals surface area (Å²) in [5.74, 6) is 0. The average Bonchev–Trinajstić information content (AvgIpc) is 2.29. The SMILES string of the molecule is CCNC(N=O)OC(=O)OC1CCCCC1. The van der Waals surface area contributed by atoms with Gasteiger partial charge in [-0.15, -0.1) is 4.91 Å². The van der Waals surface area contributed by atoms with Gasteiger partial charge in [-0.25, -0.2) is 4.79 Å². The number of nitrogens with one attached hydrogen (secondary N) is 1. The van der Waals surface area contributed by atoms with Crippen LogP contribution in [0.3, 0.4) is 0 Å². The Morgan fingerprint density at radius 1 is 1.44 bits per heavy atom. The van der Waals surface area contributed by atoms with Gasteiger partial charge in [0, 0.05) is 0 Å². The predicted molar refractivity (Wildman–Crippen MR) is 57.7 cm³/mol. The normalized spacial score (nSPS) is 18.8. The molecule has 0 aliphatic heterocycles. The zero-order valence-corrected chi connectivity index (χ0v) is 9.48. The van der Waals surface area contributed by atoms with Gasteiger partial charge < -0.3 is 9.47 Å². The molecule has 1 unspecified atom stereocenters. The van der Waals surface area contributed by atoms with E-state index in [2.05, 4.69) is 10.5 Å². The molecule has 1 aliphatic rings. The number of carbonyl (C=O) groups is 1. The Hall–Kier alpha value is -1.17. The maximum atomic E-state index is 11.3. The van der Waals surface area contributed by atoms with Gasteiger partial charge in [-0.1, -0.05) is 13.3 Å². The van der Waals surface area contributed by atoms with Gasteiger partial charge in [-0.2, -0.15) is 0 Å². The maximum Gasteiger partial charge on any atom is 0.511 e. The molecule has 0 heterocycles. The first kappa shape index (κ1) is 12.9. The molecular weight excluding hydrogens is 212 g/mol. The van der Waals surface area contributed by atoms with Crippen LogP contribution in [0.5, 0.6) is 0 Å². The Morgan fingerprint density at radius 2 is 2.12 bits per heavy atom. The van der Waals surface area contributed by atoms with Crippen molar-refractivity contribution in [2.24, 2.45) is 5.18 Å². The first-order chi connectivity index (χ1) is 7.76. The number of ether oxygens (including phenoxy) is 2. The fourth-order valence-electron chi connectivity index (χ4n) is 1.71. The summed E-state index contributed by atoms with van der Waals surface area (Å²) in [6.07, 6.45) is 3.02. The Bertz CT molecular complexity index is 229. The quantitative estimate of drug-likeness (QED) is 0.444. The van der Waals surface area contributed by atoms with E-state index in [1.54, 1.807) is 6.92 Å². The Kier molecular flexibility index (Phi) is 5.77. The second kappa shape index (κ2) is 7.16. The van der Waals surface area contributed by atoms with Crippen LogP contribution in [0.4, 0.5) is 4.79 Å². The Morgan fingerprint density at radius 3 is 2.69 bits per heavy atom. The van der Waals surface area contributed by atoms with Gasteiger partial charge >= 0.3 is 6.16 Å². The highest BCUT2D eigenvalue weighted by Gasteiger charge is 2.21. The third-order valence-corrected chi connectivity index (χ3v) is 2.50. The summed E-state index contributed by atoms with van der Waals surface area (Å²) in [7, 11) is 0. The number of nitroso groups, excluding NO2 is 1. The lowest BCUT2D eigenvalue weighted by molar-refractivity contribution is -0.0166. The molecule has 1 N–H and O–H groups in total. The summed E-state index contributed by atoms with van der Waals surface area (Å²) in [5, 5.41) is 5.22. The third kappa shape index (κ3) is 4.57. The molecule has 1 rings (SSSR count). The van der Waals surface area contributed by atoms with Crippen LogP contribution in [0.1, 0.15) is 39.0 Å². The topological polar surface area (TPSA) is 77.0 Å². The molecule has 0 spiro atoms. The summed E-state index contributed by atoms with van der Waals surface area (Å²) in [4.78, 5) is 21.5. The van der Waals surface area contributed by atoms with Crippen LogP contribution in [0.15, 0.2) is 5.18 Å². The lowest BCUT2D eigenvalue weighted by Crippen LogP contribution is -2.33. The molecule has 16 heavy (non-hydrogen) atoms. The summed E-state index contributed by atoms with van der Waals surface area (Å²) >= 11 is 0. The maximum absolute atomic E-state index is 11.3. The van der Waals surface area contributed by atoms with Crippen LogP contribution in [0.25, 0.3) is 0 Å².